The summed E-state index contributed by atoms with van der Waals surface area (Å²) in [6, 6.07) is 18.2. The number of nitrogens with two attached hydrogens (primary N) is 1. The summed E-state index contributed by atoms with van der Waals surface area (Å²) in [4.78, 5) is 23.5. The van der Waals surface area contributed by atoms with Crippen LogP contribution in [0.25, 0.3) is 0 Å². The normalized spacial score (nSPS) is 11.6. The molecule has 3 N–H and O–H groups in total. The molecule has 0 unspecified atom stereocenters. The van der Waals surface area contributed by atoms with E-state index in [0.717, 1.165) is 11.1 Å². The van der Waals surface area contributed by atoms with Crippen LogP contribution < -0.4 is 11.1 Å². The Morgan fingerprint density at radius 2 is 1.43 bits per heavy atom. The van der Waals surface area contributed by atoms with Crippen molar-refractivity contribution in [2.45, 2.75) is 18.9 Å². The lowest BCUT2D eigenvalue weighted by Gasteiger charge is -2.15. The van der Waals surface area contributed by atoms with E-state index in [4.69, 9.17) is 5.73 Å². The van der Waals surface area contributed by atoms with E-state index in [0.29, 0.717) is 6.42 Å². The van der Waals surface area contributed by atoms with Gasteiger partial charge in [0.2, 0.25) is 11.8 Å². The molecule has 4 heteroatoms. The first kappa shape index (κ1) is 14.8. The van der Waals surface area contributed by atoms with Gasteiger partial charge in [-0.1, -0.05) is 60.7 Å². The number of nitrogens with one attached hydrogen (secondary N) is 1. The fourth-order valence-corrected chi connectivity index (χ4v) is 2.10. The number of benzene rings is 2. The maximum atomic E-state index is 12.0. The first-order chi connectivity index (χ1) is 10.1. The zero-order chi connectivity index (χ0) is 15.1. The third-order valence-corrected chi connectivity index (χ3v) is 3.17. The molecule has 0 fully saturated rings. The minimum Gasteiger partial charge on any atom is -0.368 e. The Hall–Kier alpha value is -2.62. The van der Waals surface area contributed by atoms with Gasteiger partial charge < -0.3 is 11.1 Å². The number of hydrogen-bond acceptors (Lipinski definition) is 2. The second-order valence-electron chi connectivity index (χ2n) is 4.87. The second kappa shape index (κ2) is 7.24. The van der Waals surface area contributed by atoms with Crippen LogP contribution in [-0.4, -0.2) is 17.9 Å². The molecular weight excluding hydrogens is 264 g/mol. The van der Waals surface area contributed by atoms with Gasteiger partial charge in [0.15, 0.2) is 0 Å². The molecule has 21 heavy (non-hydrogen) atoms. The van der Waals surface area contributed by atoms with Gasteiger partial charge in [0.05, 0.1) is 6.42 Å². The van der Waals surface area contributed by atoms with Gasteiger partial charge in [-0.3, -0.25) is 9.59 Å². The first-order valence-corrected chi connectivity index (χ1v) is 6.81. The predicted octanol–water partition coefficient (Wildman–Crippen LogP) is 1.44. The average Bonchev–Trinajstić information content (AvgIpc) is 2.48. The zero-order valence-corrected chi connectivity index (χ0v) is 11.7. The summed E-state index contributed by atoms with van der Waals surface area (Å²) in [5.41, 5.74) is 7.23. The van der Waals surface area contributed by atoms with Crippen molar-refractivity contribution >= 4 is 11.8 Å². The van der Waals surface area contributed by atoms with E-state index in [2.05, 4.69) is 5.32 Å². The van der Waals surface area contributed by atoms with Gasteiger partial charge in [0.1, 0.15) is 6.04 Å². The molecule has 2 aromatic carbocycles. The molecule has 2 aromatic rings. The smallest absolute Gasteiger partial charge is 0.240 e. The summed E-state index contributed by atoms with van der Waals surface area (Å²) in [7, 11) is 0. The topological polar surface area (TPSA) is 72.2 Å². The highest BCUT2D eigenvalue weighted by molar-refractivity contribution is 5.87. The Labute approximate surface area is 124 Å². The highest BCUT2D eigenvalue weighted by atomic mass is 16.2. The number of carbonyl (C=O) groups excluding carboxylic acids is 2. The van der Waals surface area contributed by atoms with Crippen molar-refractivity contribution in [1.29, 1.82) is 0 Å². The van der Waals surface area contributed by atoms with Crippen molar-refractivity contribution in [1.82, 2.24) is 5.32 Å². The fraction of sp³-hybridized carbons (Fsp3) is 0.176. The van der Waals surface area contributed by atoms with E-state index in [-0.39, 0.29) is 12.3 Å². The Balaban J connectivity index is 1.96. The van der Waals surface area contributed by atoms with Crippen molar-refractivity contribution in [3.8, 4) is 0 Å². The molecule has 108 valence electrons. The molecule has 0 aromatic heterocycles. The Morgan fingerprint density at radius 1 is 0.905 bits per heavy atom. The third-order valence-electron chi connectivity index (χ3n) is 3.17. The Bertz CT molecular complexity index is 597. The predicted molar refractivity (Wildman–Crippen MR) is 81.4 cm³/mol. The summed E-state index contributed by atoms with van der Waals surface area (Å²) in [5, 5.41) is 2.70. The lowest BCUT2D eigenvalue weighted by Crippen LogP contribution is -2.46. The standard InChI is InChI=1S/C17H18N2O2/c18-17(21)15(11-13-7-3-1-4-8-13)19-16(20)12-14-9-5-2-6-10-14/h1-10,15H,11-12H2,(H2,18,21)(H,19,20)/t15-/m0/s1. The van der Waals surface area contributed by atoms with Crippen molar-refractivity contribution < 1.29 is 9.59 Å². The summed E-state index contributed by atoms with van der Waals surface area (Å²) < 4.78 is 0. The van der Waals surface area contributed by atoms with E-state index in [1.807, 2.05) is 60.7 Å². The number of primary amides is 1. The molecule has 0 bridgehead atoms. The van der Waals surface area contributed by atoms with Crippen molar-refractivity contribution in [3.05, 3.63) is 71.8 Å². The van der Waals surface area contributed by atoms with E-state index in [1.54, 1.807) is 0 Å². The molecule has 0 saturated carbocycles. The zero-order valence-electron chi connectivity index (χ0n) is 11.7. The monoisotopic (exact) mass is 282 g/mol. The number of carbonyl (C=O) groups is 2. The van der Waals surface area contributed by atoms with Gasteiger partial charge in [-0.15, -0.1) is 0 Å². The fourth-order valence-electron chi connectivity index (χ4n) is 2.10. The van der Waals surface area contributed by atoms with Crippen LogP contribution in [0.5, 0.6) is 0 Å². The van der Waals surface area contributed by atoms with Gasteiger partial charge in [0.25, 0.3) is 0 Å². The minimum absolute atomic E-state index is 0.207. The van der Waals surface area contributed by atoms with Crippen LogP contribution in [0, 0.1) is 0 Å². The van der Waals surface area contributed by atoms with E-state index in [1.165, 1.54) is 0 Å². The van der Waals surface area contributed by atoms with Crippen molar-refractivity contribution in [2.24, 2.45) is 5.73 Å². The van der Waals surface area contributed by atoms with Crippen molar-refractivity contribution in [2.75, 3.05) is 0 Å². The highest BCUT2D eigenvalue weighted by Crippen LogP contribution is 2.04. The maximum absolute atomic E-state index is 12.0. The quantitative estimate of drug-likeness (QED) is 0.841. The van der Waals surface area contributed by atoms with Crippen LogP contribution in [0.4, 0.5) is 0 Å². The lowest BCUT2D eigenvalue weighted by atomic mass is 10.0. The Kier molecular flexibility index (Phi) is 5.10. The average molecular weight is 282 g/mol. The van der Waals surface area contributed by atoms with E-state index in [9.17, 15) is 9.59 Å². The SMILES string of the molecule is NC(=O)[C@H](Cc1ccccc1)NC(=O)Cc1ccccc1. The Morgan fingerprint density at radius 3 is 1.95 bits per heavy atom. The molecule has 2 amide bonds. The number of hydrogen-bond donors (Lipinski definition) is 2. The van der Waals surface area contributed by atoms with Crippen LogP contribution in [-0.2, 0) is 22.4 Å². The minimum atomic E-state index is -0.691. The number of rotatable bonds is 6. The molecule has 0 radical (unpaired) electrons. The van der Waals surface area contributed by atoms with Crippen LogP contribution in [0.3, 0.4) is 0 Å². The van der Waals surface area contributed by atoms with Gasteiger partial charge in [0, 0.05) is 6.42 Å². The largest absolute Gasteiger partial charge is 0.368 e. The van der Waals surface area contributed by atoms with Gasteiger partial charge in [-0.05, 0) is 11.1 Å². The molecule has 0 aliphatic carbocycles. The molecule has 2 rings (SSSR count). The highest BCUT2D eigenvalue weighted by Gasteiger charge is 2.18. The van der Waals surface area contributed by atoms with E-state index < -0.39 is 11.9 Å². The molecule has 0 spiro atoms. The molecule has 4 nitrogen and oxygen atoms in total. The van der Waals surface area contributed by atoms with Crippen LogP contribution >= 0.6 is 0 Å². The number of amides is 2. The van der Waals surface area contributed by atoms with Gasteiger partial charge in [-0.25, -0.2) is 0 Å². The molecule has 0 aliphatic heterocycles. The van der Waals surface area contributed by atoms with Crippen LogP contribution in [0.15, 0.2) is 60.7 Å². The van der Waals surface area contributed by atoms with Crippen molar-refractivity contribution in [3.63, 3.8) is 0 Å². The maximum Gasteiger partial charge on any atom is 0.240 e. The molecular formula is C17H18N2O2. The summed E-state index contributed by atoms with van der Waals surface area (Å²) in [5.74, 6) is -0.735. The lowest BCUT2D eigenvalue weighted by molar-refractivity contribution is -0.127. The summed E-state index contributed by atoms with van der Waals surface area (Å²) >= 11 is 0. The molecule has 0 aliphatic rings. The van der Waals surface area contributed by atoms with Crippen LogP contribution in [0.2, 0.25) is 0 Å². The molecule has 0 heterocycles. The summed E-state index contributed by atoms with van der Waals surface area (Å²) in [6.45, 7) is 0. The molecule has 0 saturated heterocycles. The van der Waals surface area contributed by atoms with Crippen LogP contribution in [0.1, 0.15) is 11.1 Å². The molecule has 1 atom stereocenters. The summed E-state index contributed by atoms with van der Waals surface area (Å²) in [6.07, 6.45) is 0.635. The van der Waals surface area contributed by atoms with Gasteiger partial charge in [-0.2, -0.15) is 0 Å². The third kappa shape index (κ3) is 4.76. The van der Waals surface area contributed by atoms with E-state index >= 15 is 0 Å². The first-order valence-electron chi connectivity index (χ1n) is 6.81. The van der Waals surface area contributed by atoms with Gasteiger partial charge >= 0.3 is 0 Å². The second-order valence-corrected chi connectivity index (χ2v) is 4.87.